The summed E-state index contributed by atoms with van der Waals surface area (Å²) in [6.45, 7) is 1.90. The lowest BCUT2D eigenvalue weighted by molar-refractivity contribution is -0.140. The number of carboxylic acid groups (broad SMARTS) is 1. The van der Waals surface area contributed by atoms with Gasteiger partial charge in [-0.15, -0.1) is 0 Å². The van der Waals surface area contributed by atoms with Gasteiger partial charge in [-0.25, -0.2) is 0 Å². The topological polar surface area (TPSA) is 79.5 Å². The molecule has 2 rings (SSSR count). The number of benzene rings is 1. The van der Waals surface area contributed by atoms with Gasteiger partial charge in [0.15, 0.2) is 0 Å². The van der Waals surface area contributed by atoms with Crippen LogP contribution >= 0.6 is 11.6 Å². The predicted octanol–water partition coefficient (Wildman–Crippen LogP) is 2.55. The SMILES string of the molecule is CC(CN(C)c1nc(-c2cccc(Cl)c2)no1)C(=O)O. The van der Waals surface area contributed by atoms with Gasteiger partial charge in [-0.1, -0.05) is 35.8 Å². The fraction of sp³-hybridized carbons (Fsp3) is 0.308. The van der Waals surface area contributed by atoms with E-state index in [4.69, 9.17) is 21.2 Å². The van der Waals surface area contributed by atoms with Crippen molar-refractivity contribution in [1.82, 2.24) is 10.1 Å². The molecule has 1 atom stereocenters. The number of halogens is 1. The van der Waals surface area contributed by atoms with Crippen LogP contribution in [0.1, 0.15) is 6.92 Å². The van der Waals surface area contributed by atoms with E-state index in [1.54, 1.807) is 37.1 Å². The molecule has 0 fully saturated rings. The van der Waals surface area contributed by atoms with Gasteiger partial charge in [0.25, 0.3) is 0 Å². The van der Waals surface area contributed by atoms with Crippen LogP contribution in [-0.4, -0.2) is 34.8 Å². The highest BCUT2D eigenvalue weighted by Crippen LogP contribution is 2.22. The normalized spacial score (nSPS) is 12.2. The molecule has 1 aromatic carbocycles. The highest BCUT2D eigenvalue weighted by atomic mass is 35.5. The van der Waals surface area contributed by atoms with Gasteiger partial charge in [-0.05, 0) is 12.1 Å². The lowest BCUT2D eigenvalue weighted by Crippen LogP contribution is -2.28. The van der Waals surface area contributed by atoms with Crippen molar-refractivity contribution >= 4 is 23.6 Å². The molecule has 0 aliphatic carbocycles. The summed E-state index contributed by atoms with van der Waals surface area (Å²) < 4.78 is 5.13. The van der Waals surface area contributed by atoms with Gasteiger partial charge in [-0.3, -0.25) is 4.79 Å². The first-order chi connectivity index (χ1) is 9.47. The van der Waals surface area contributed by atoms with Crippen LogP contribution in [0.4, 0.5) is 6.01 Å². The molecule has 0 aliphatic rings. The minimum Gasteiger partial charge on any atom is -0.481 e. The molecule has 1 N–H and O–H groups in total. The van der Waals surface area contributed by atoms with Crippen LogP contribution in [0.15, 0.2) is 28.8 Å². The molecule has 1 aromatic heterocycles. The monoisotopic (exact) mass is 295 g/mol. The highest BCUT2D eigenvalue weighted by molar-refractivity contribution is 6.30. The number of aromatic nitrogens is 2. The number of nitrogens with zero attached hydrogens (tertiary/aromatic N) is 3. The second-order valence-electron chi connectivity index (χ2n) is 4.53. The molecular formula is C13H14ClN3O3. The first kappa shape index (κ1) is 14.3. The van der Waals surface area contributed by atoms with Gasteiger partial charge in [0.05, 0.1) is 5.92 Å². The Morgan fingerprint density at radius 1 is 1.55 bits per heavy atom. The van der Waals surface area contributed by atoms with Crippen LogP contribution in [0, 0.1) is 5.92 Å². The molecular weight excluding hydrogens is 282 g/mol. The van der Waals surface area contributed by atoms with Crippen molar-refractivity contribution in [2.75, 3.05) is 18.5 Å². The summed E-state index contributed by atoms with van der Waals surface area (Å²) in [6, 6.07) is 7.38. The quantitative estimate of drug-likeness (QED) is 0.913. The molecule has 0 aliphatic heterocycles. The van der Waals surface area contributed by atoms with Gasteiger partial charge < -0.3 is 14.5 Å². The van der Waals surface area contributed by atoms with Gasteiger partial charge in [0, 0.05) is 24.2 Å². The molecule has 0 saturated heterocycles. The van der Waals surface area contributed by atoms with Crippen molar-refractivity contribution in [2.45, 2.75) is 6.92 Å². The van der Waals surface area contributed by atoms with Gasteiger partial charge in [0.1, 0.15) is 0 Å². The Kier molecular flexibility index (Phi) is 4.24. The van der Waals surface area contributed by atoms with Crippen LogP contribution in [0.3, 0.4) is 0 Å². The number of aliphatic carboxylic acids is 1. The van der Waals surface area contributed by atoms with Crippen molar-refractivity contribution in [1.29, 1.82) is 0 Å². The molecule has 106 valence electrons. The number of hydrogen-bond donors (Lipinski definition) is 1. The Bertz CT molecular complexity index is 614. The first-order valence-corrected chi connectivity index (χ1v) is 6.38. The number of carboxylic acids is 1. The van der Waals surface area contributed by atoms with E-state index in [1.807, 2.05) is 6.07 Å². The summed E-state index contributed by atoms with van der Waals surface area (Å²) in [6.07, 6.45) is 0. The number of rotatable bonds is 5. The van der Waals surface area contributed by atoms with E-state index in [-0.39, 0.29) is 12.6 Å². The first-order valence-electron chi connectivity index (χ1n) is 6.01. The smallest absolute Gasteiger partial charge is 0.324 e. The highest BCUT2D eigenvalue weighted by Gasteiger charge is 2.18. The Labute approximate surface area is 121 Å². The van der Waals surface area contributed by atoms with E-state index >= 15 is 0 Å². The average Bonchev–Trinajstić information content (AvgIpc) is 2.88. The Morgan fingerprint density at radius 3 is 2.95 bits per heavy atom. The van der Waals surface area contributed by atoms with Gasteiger partial charge in [0.2, 0.25) is 5.82 Å². The summed E-state index contributed by atoms with van der Waals surface area (Å²) in [5, 5.41) is 13.3. The molecule has 7 heteroatoms. The van der Waals surface area contributed by atoms with Crippen LogP contribution in [-0.2, 0) is 4.79 Å². The van der Waals surface area contributed by atoms with Crippen LogP contribution < -0.4 is 4.90 Å². The summed E-state index contributed by atoms with van der Waals surface area (Å²) in [5.74, 6) is -0.981. The van der Waals surface area contributed by atoms with Crippen molar-refractivity contribution < 1.29 is 14.4 Å². The van der Waals surface area contributed by atoms with Crippen molar-refractivity contribution in [3.63, 3.8) is 0 Å². The Morgan fingerprint density at radius 2 is 2.30 bits per heavy atom. The molecule has 0 spiro atoms. The molecule has 0 radical (unpaired) electrons. The zero-order valence-electron chi connectivity index (χ0n) is 11.1. The summed E-state index contributed by atoms with van der Waals surface area (Å²) >= 11 is 5.91. The third kappa shape index (κ3) is 3.27. The summed E-state index contributed by atoms with van der Waals surface area (Å²) in [4.78, 5) is 16.7. The van der Waals surface area contributed by atoms with E-state index in [0.29, 0.717) is 10.8 Å². The number of anilines is 1. The molecule has 1 heterocycles. The second kappa shape index (κ2) is 5.92. The Hall–Kier alpha value is -2.08. The third-order valence-corrected chi connectivity index (χ3v) is 3.03. The van der Waals surface area contributed by atoms with E-state index in [0.717, 1.165) is 5.56 Å². The van der Waals surface area contributed by atoms with Crippen molar-refractivity contribution in [3.8, 4) is 11.4 Å². The molecule has 20 heavy (non-hydrogen) atoms. The maximum absolute atomic E-state index is 10.8. The van der Waals surface area contributed by atoms with E-state index in [1.165, 1.54) is 0 Å². The fourth-order valence-electron chi connectivity index (χ4n) is 1.68. The predicted molar refractivity (Wildman–Crippen MR) is 74.8 cm³/mol. The second-order valence-corrected chi connectivity index (χ2v) is 4.97. The Balaban J connectivity index is 2.14. The largest absolute Gasteiger partial charge is 0.481 e. The fourth-order valence-corrected chi connectivity index (χ4v) is 1.87. The molecule has 2 aromatic rings. The molecule has 6 nitrogen and oxygen atoms in total. The number of carbonyl (C=O) groups is 1. The average molecular weight is 296 g/mol. The minimum absolute atomic E-state index is 0.271. The molecule has 0 saturated carbocycles. The van der Waals surface area contributed by atoms with Crippen molar-refractivity contribution in [3.05, 3.63) is 29.3 Å². The molecule has 1 unspecified atom stereocenters. The standard InChI is InChI=1S/C13H14ClN3O3/c1-8(12(18)19)7-17(2)13-15-11(16-20-13)9-4-3-5-10(14)6-9/h3-6,8H,7H2,1-2H3,(H,18,19). The van der Waals surface area contributed by atoms with E-state index in [2.05, 4.69) is 10.1 Å². The van der Waals surface area contributed by atoms with E-state index in [9.17, 15) is 4.79 Å². The van der Waals surface area contributed by atoms with Crippen LogP contribution in [0.25, 0.3) is 11.4 Å². The minimum atomic E-state index is -0.869. The van der Waals surface area contributed by atoms with Crippen LogP contribution in [0.2, 0.25) is 5.02 Å². The summed E-state index contributed by atoms with van der Waals surface area (Å²) in [5.41, 5.74) is 0.743. The lowest BCUT2D eigenvalue weighted by atomic mass is 10.2. The molecule has 0 amide bonds. The number of hydrogen-bond acceptors (Lipinski definition) is 5. The zero-order chi connectivity index (χ0) is 14.7. The third-order valence-electron chi connectivity index (χ3n) is 2.79. The van der Waals surface area contributed by atoms with Crippen LogP contribution in [0.5, 0.6) is 0 Å². The van der Waals surface area contributed by atoms with Gasteiger partial charge >= 0.3 is 12.0 Å². The summed E-state index contributed by atoms with van der Waals surface area (Å²) in [7, 11) is 1.70. The van der Waals surface area contributed by atoms with E-state index < -0.39 is 11.9 Å². The zero-order valence-corrected chi connectivity index (χ0v) is 11.8. The van der Waals surface area contributed by atoms with Gasteiger partial charge in [-0.2, -0.15) is 4.98 Å². The maximum atomic E-state index is 10.8. The van der Waals surface area contributed by atoms with Crippen molar-refractivity contribution in [2.24, 2.45) is 5.92 Å². The lowest BCUT2D eigenvalue weighted by Gasteiger charge is -2.15. The maximum Gasteiger partial charge on any atom is 0.324 e. The molecule has 0 bridgehead atoms.